The maximum atomic E-state index is 10.9. The lowest BCUT2D eigenvalue weighted by Crippen LogP contribution is -2.13. The van der Waals surface area contributed by atoms with Gasteiger partial charge in [-0.2, -0.15) is 0 Å². The van der Waals surface area contributed by atoms with Crippen LogP contribution in [0.25, 0.3) is 0 Å². The minimum Gasteiger partial charge on any atom is -0.487 e. The fourth-order valence-electron chi connectivity index (χ4n) is 1.50. The van der Waals surface area contributed by atoms with Crippen LogP contribution in [0.15, 0.2) is 18.2 Å². The minimum absolute atomic E-state index is 0.0302. The second kappa shape index (κ2) is 6.85. The summed E-state index contributed by atoms with van der Waals surface area (Å²) in [6.45, 7) is 5.85. The van der Waals surface area contributed by atoms with Gasteiger partial charge in [-0.1, -0.05) is 13.0 Å². The molecule has 0 radical (unpaired) electrons. The lowest BCUT2D eigenvalue weighted by Gasteiger charge is -2.07. The maximum Gasteiger partial charge on any atom is 0.311 e. The van der Waals surface area contributed by atoms with Crippen LogP contribution in [-0.4, -0.2) is 18.1 Å². The zero-order chi connectivity index (χ0) is 12.7. The number of hydrogen-bond donors (Lipinski definition) is 1. The number of nitro groups is 1. The van der Waals surface area contributed by atoms with E-state index in [1.165, 1.54) is 0 Å². The Kier molecular flexibility index (Phi) is 5.42. The minimum atomic E-state index is -0.408. The maximum absolute atomic E-state index is 10.9. The van der Waals surface area contributed by atoms with Crippen LogP contribution in [0.2, 0.25) is 0 Å². The Hall–Kier alpha value is -1.62. The molecule has 0 spiro atoms. The first-order valence-corrected chi connectivity index (χ1v) is 5.79. The third-order valence-electron chi connectivity index (χ3n) is 2.28. The van der Waals surface area contributed by atoms with E-state index in [4.69, 9.17) is 4.74 Å². The summed E-state index contributed by atoms with van der Waals surface area (Å²) in [5, 5.41) is 14.1. The van der Waals surface area contributed by atoms with Crippen LogP contribution in [0.3, 0.4) is 0 Å². The Morgan fingerprint density at radius 3 is 2.76 bits per heavy atom. The molecule has 0 aliphatic carbocycles. The Morgan fingerprint density at radius 1 is 1.41 bits per heavy atom. The van der Waals surface area contributed by atoms with Crippen LogP contribution in [0.5, 0.6) is 5.75 Å². The fourth-order valence-corrected chi connectivity index (χ4v) is 1.50. The molecule has 17 heavy (non-hydrogen) atoms. The van der Waals surface area contributed by atoms with Gasteiger partial charge in [0.2, 0.25) is 0 Å². The van der Waals surface area contributed by atoms with Crippen molar-refractivity contribution >= 4 is 5.69 Å². The second-order valence-electron chi connectivity index (χ2n) is 3.67. The van der Waals surface area contributed by atoms with Gasteiger partial charge in [-0.25, -0.2) is 0 Å². The molecule has 0 saturated heterocycles. The van der Waals surface area contributed by atoms with Crippen molar-refractivity contribution in [1.82, 2.24) is 5.32 Å². The smallest absolute Gasteiger partial charge is 0.311 e. The highest BCUT2D eigenvalue weighted by molar-refractivity contribution is 5.48. The summed E-state index contributed by atoms with van der Waals surface area (Å²) in [5.74, 6) is 0.330. The Balaban J connectivity index is 2.81. The van der Waals surface area contributed by atoms with Crippen LogP contribution >= 0.6 is 0 Å². The Labute approximate surface area is 101 Å². The van der Waals surface area contributed by atoms with E-state index in [9.17, 15) is 10.1 Å². The van der Waals surface area contributed by atoms with E-state index in [1.807, 2.05) is 6.07 Å². The monoisotopic (exact) mass is 238 g/mol. The van der Waals surface area contributed by atoms with Gasteiger partial charge in [-0.15, -0.1) is 0 Å². The van der Waals surface area contributed by atoms with Gasteiger partial charge < -0.3 is 10.1 Å². The molecule has 0 heterocycles. The zero-order valence-corrected chi connectivity index (χ0v) is 10.2. The summed E-state index contributed by atoms with van der Waals surface area (Å²) in [5.41, 5.74) is 0.927. The number of rotatable bonds is 7. The van der Waals surface area contributed by atoms with Crippen molar-refractivity contribution in [2.24, 2.45) is 0 Å². The molecule has 5 nitrogen and oxygen atoms in total. The van der Waals surface area contributed by atoms with Gasteiger partial charge in [0, 0.05) is 12.6 Å². The number of ether oxygens (including phenoxy) is 1. The predicted molar refractivity (Wildman–Crippen MR) is 66.3 cm³/mol. The highest BCUT2D eigenvalue weighted by Crippen LogP contribution is 2.27. The highest BCUT2D eigenvalue weighted by Gasteiger charge is 2.15. The van der Waals surface area contributed by atoms with Crippen molar-refractivity contribution in [1.29, 1.82) is 0 Å². The molecule has 94 valence electrons. The third kappa shape index (κ3) is 4.03. The van der Waals surface area contributed by atoms with Gasteiger partial charge in [0.15, 0.2) is 5.75 Å². The molecule has 0 bridgehead atoms. The molecule has 1 aromatic rings. The van der Waals surface area contributed by atoms with Gasteiger partial charge in [-0.05, 0) is 31.5 Å². The lowest BCUT2D eigenvalue weighted by atomic mass is 10.2. The van der Waals surface area contributed by atoms with E-state index in [0.717, 1.165) is 18.5 Å². The van der Waals surface area contributed by atoms with E-state index < -0.39 is 4.92 Å². The molecule has 0 aromatic heterocycles. The molecule has 0 aliphatic rings. The lowest BCUT2D eigenvalue weighted by molar-refractivity contribution is -0.385. The van der Waals surface area contributed by atoms with Crippen molar-refractivity contribution in [2.45, 2.75) is 26.8 Å². The van der Waals surface area contributed by atoms with Crippen molar-refractivity contribution in [2.75, 3.05) is 13.2 Å². The van der Waals surface area contributed by atoms with Crippen LogP contribution in [0, 0.1) is 10.1 Å². The number of nitro benzene ring substituents is 1. The van der Waals surface area contributed by atoms with E-state index in [0.29, 0.717) is 18.9 Å². The molecular formula is C12H18N2O3. The number of hydrogen-bond acceptors (Lipinski definition) is 4. The van der Waals surface area contributed by atoms with Crippen molar-refractivity contribution in [3.05, 3.63) is 33.9 Å². The molecule has 1 aromatic carbocycles. The summed E-state index contributed by atoms with van der Waals surface area (Å²) < 4.78 is 5.22. The molecule has 0 aliphatic heterocycles. The van der Waals surface area contributed by atoms with Crippen molar-refractivity contribution in [3.63, 3.8) is 0 Å². The molecule has 0 atom stereocenters. The summed E-state index contributed by atoms with van der Waals surface area (Å²) >= 11 is 0. The first-order valence-electron chi connectivity index (χ1n) is 5.79. The first kappa shape index (κ1) is 13.4. The molecule has 1 N–H and O–H groups in total. The van der Waals surface area contributed by atoms with Gasteiger partial charge in [0.1, 0.15) is 0 Å². The number of nitrogens with one attached hydrogen (secondary N) is 1. The van der Waals surface area contributed by atoms with Crippen LogP contribution < -0.4 is 10.1 Å². The number of benzene rings is 1. The molecule has 0 unspecified atom stereocenters. The molecule has 1 rings (SSSR count). The van der Waals surface area contributed by atoms with E-state index in [-0.39, 0.29) is 5.69 Å². The Morgan fingerprint density at radius 2 is 2.18 bits per heavy atom. The largest absolute Gasteiger partial charge is 0.487 e. The van der Waals surface area contributed by atoms with Crippen LogP contribution in [-0.2, 0) is 6.54 Å². The van der Waals surface area contributed by atoms with Gasteiger partial charge >= 0.3 is 5.69 Å². The molecule has 0 saturated carbocycles. The van der Waals surface area contributed by atoms with Crippen LogP contribution in [0.4, 0.5) is 5.69 Å². The van der Waals surface area contributed by atoms with Crippen LogP contribution in [0.1, 0.15) is 25.8 Å². The molecular weight excluding hydrogens is 220 g/mol. The van der Waals surface area contributed by atoms with E-state index in [1.54, 1.807) is 19.1 Å². The Bertz CT molecular complexity index is 380. The number of nitrogens with zero attached hydrogens (tertiary/aromatic N) is 1. The topological polar surface area (TPSA) is 64.4 Å². The summed E-state index contributed by atoms with van der Waals surface area (Å²) in [4.78, 5) is 10.5. The van der Waals surface area contributed by atoms with Crippen molar-refractivity contribution in [3.8, 4) is 5.75 Å². The highest BCUT2D eigenvalue weighted by atomic mass is 16.6. The molecule has 0 fully saturated rings. The molecule has 0 amide bonds. The van der Waals surface area contributed by atoms with E-state index >= 15 is 0 Å². The summed E-state index contributed by atoms with van der Waals surface area (Å²) in [6, 6.07) is 5.07. The average molecular weight is 238 g/mol. The van der Waals surface area contributed by atoms with Gasteiger partial charge in [0.25, 0.3) is 0 Å². The zero-order valence-electron chi connectivity index (χ0n) is 10.2. The quantitative estimate of drug-likeness (QED) is 0.450. The van der Waals surface area contributed by atoms with Crippen molar-refractivity contribution < 1.29 is 9.66 Å². The van der Waals surface area contributed by atoms with Gasteiger partial charge in [-0.3, -0.25) is 10.1 Å². The predicted octanol–water partition coefficient (Wildman–Crippen LogP) is 2.49. The second-order valence-corrected chi connectivity index (χ2v) is 3.67. The van der Waals surface area contributed by atoms with E-state index in [2.05, 4.69) is 12.2 Å². The summed E-state index contributed by atoms with van der Waals surface area (Å²) in [6.07, 6.45) is 1.04. The standard InChI is InChI=1S/C12H18N2O3/c1-3-7-13-9-10-5-6-12(17-4-2)11(8-10)14(15)16/h5-6,8,13H,3-4,7,9H2,1-2H3. The SMILES string of the molecule is CCCNCc1ccc(OCC)c([N+](=O)[O-])c1. The normalized spacial score (nSPS) is 10.2. The fraction of sp³-hybridized carbons (Fsp3) is 0.500. The summed E-state index contributed by atoms with van der Waals surface area (Å²) in [7, 11) is 0. The molecule has 5 heteroatoms. The average Bonchev–Trinajstić information content (AvgIpc) is 2.31. The first-order chi connectivity index (χ1) is 8.19. The van der Waals surface area contributed by atoms with Gasteiger partial charge in [0.05, 0.1) is 11.5 Å². The third-order valence-corrected chi connectivity index (χ3v) is 2.28.